The van der Waals surface area contributed by atoms with Gasteiger partial charge in [0.15, 0.2) is 6.10 Å². The van der Waals surface area contributed by atoms with E-state index in [1.54, 1.807) is 12.1 Å². The Balaban J connectivity index is 2.21. The Hall–Kier alpha value is -2.38. The van der Waals surface area contributed by atoms with Crippen molar-refractivity contribution >= 4 is 16.1 Å². The van der Waals surface area contributed by atoms with Gasteiger partial charge in [-0.05, 0) is 23.3 Å². The highest BCUT2D eigenvalue weighted by Crippen LogP contribution is 2.25. The molecular formula is C17H18O6S. The number of methoxy groups -OCH3 is 1. The van der Waals surface area contributed by atoms with Crippen molar-refractivity contribution in [1.82, 2.24) is 0 Å². The van der Waals surface area contributed by atoms with Crippen LogP contribution in [0.15, 0.2) is 54.6 Å². The summed E-state index contributed by atoms with van der Waals surface area (Å²) in [5.41, 5.74) is 1.34. The van der Waals surface area contributed by atoms with Gasteiger partial charge in [0.2, 0.25) is 0 Å². The van der Waals surface area contributed by atoms with Crippen LogP contribution in [0.5, 0.6) is 5.75 Å². The van der Waals surface area contributed by atoms with Crippen molar-refractivity contribution in [3.8, 4) is 5.75 Å². The predicted octanol–water partition coefficient (Wildman–Crippen LogP) is 2.46. The molecule has 0 aromatic heterocycles. The van der Waals surface area contributed by atoms with Gasteiger partial charge in [-0.25, -0.2) is 4.79 Å². The van der Waals surface area contributed by atoms with Gasteiger partial charge in [-0.1, -0.05) is 42.5 Å². The first-order valence-corrected chi connectivity index (χ1v) is 8.93. The highest BCUT2D eigenvalue weighted by atomic mass is 32.2. The molecule has 0 spiro atoms. The molecule has 0 heterocycles. The van der Waals surface area contributed by atoms with Crippen LogP contribution in [-0.2, 0) is 31.0 Å². The van der Waals surface area contributed by atoms with Crippen molar-refractivity contribution in [2.24, 2.45) is 0 Å². The molecule has 0 N–H and O–H groups in total. The fourth-order valence-electron chi connectivity index (χ4n) is 2.07. The van der Waals surface area contributed by atoms with E-state index < -0.39 is 22.2 Å². The number of carbonyl (C=O) groups excluding carboxylic acids is 1. The topological polar surface area (TPSA) is 78.9 Å². The van der Waals surface area contributed by atoms with E-state index in [4.69, 9.17) is 13.7 Å². The third kappa shape index (κ3) is 5.36. The smallest absolute Gasteiger partial charge is 0.339 e. The van der Waals surface area contributed by atoms with Gasteiger partial charge in [0, 0.05) is 0 Å². The Morgan fingerprint density at radius 3 is 2.42 bits per heavy atom. The summed E-state index contributed by atoms with van der Waals surface area (Å²) in [6.45, 7) is 0.206. The second-order valence-electron chi connectivity index (χ2n) is 5.06. The van der Waals surface area contributed by atoms with E-state index in [-0.39, 0.29) is 12.4 Å². The van der Waals surface area contributed by atoms with E-state index in [9.17, 15) is 13.2 Å². The summed E-state index contributed by atoms with van der Waals surface area (Å²) in [6.07, 6.45) is -0.0399. The summed E-state index contributed by atoms with van der Waals surface area (Å²) < 4.78 is 37.8. The summed E-state index contributed by atoms with van der Waals surface area (Å²) in [4.78, 5) is 12.0. The van der Waals surface area contributed by atoms with E-state index >= 15 is 0 Å². The Kier molecular flexibility index (Phi) is 5.94. The maximum absolute atomic E-state index is 12.0. The van der Waals surface area contributed by atoms with Crippen LogP contribution in [0.1, 0.15) is 17.2 Å². The van der Waals surface area contributed by atoms with Gasteiger partial charge in [-0.3, -0.25) is 0 Å². The first-order chi connectivity index (χ1) is 11.4. The van der Waals surface area contributed by atoms with Gasteiger partial charge in [0.25, 0.3) is 0 Å². The number of benzene rings is 2. The number of esters is 1. The number of carbonyl (C=O) groups is 1. The molecule has 24 heavy (non-hydrogen) atoms. The molecule has 2 aromatic carbocycles. The van der Waals surface area contributed by atoms with Gasteiger partial charge >= 0.3 is 16.1 Å². The van der Waals surface area contributed by atoms with Crippen LogP contribution in [0.2, 0.25) is 0 Å². The molecule has 6 nitrogen and oxygen atoms in total. The Morgan fingerprint density at radius 2 is 1.79 bits per heavy atom. The van der Waals surface area contributed by atoms with Crippen molar-refractivity contribution in [2.45, 2.75) is 12.7 Å². The minimum Gasteiger partial charge on any atom is -0.467 e. The fourth-order valence-corrected chi connectivity index (χ4v) is 2.52. The molecule has 0 aliphatic rings. The van der Waals surface area contributed by atoms with Crippen LogP contribution in [-0.4, -0.2) is 27.8 Å². The van der Waals surface area contributed by atoms with Crippen molar-refractivity contribution in [3.05, 3.63) is 65.7 Å². The average molecular weight is 350 g/mol. The summed E-state index contributed by atoms with van der Waals surface area (Å²) in [7, 11) is -2.40. The lowest BCUT2D eigenvalue weighted by Crippen LogP contribution is -2.18. The van der Waals surface area contributed by atoms with Gasteiger partial charge in [-0.15, -0.1) is 0 Å². The van der Waals surface area contributed by atoms with E-state index in [1.165, 1.54) is 19.2 Å². The number of hydrogen-bond donors (Lipinski definition) is 0. The van der Waals surface area contributed by atoms with E-state index in [2.05, 4.69) is 0 Å². The number of rotatable bonds is 7. The zero-order valence-electron chi connectivity index (χ0n) is 13.3. The summed E-state index contributed by atoms with van der Waals surface area (Å²) >= 11 is 0. The largest absolute Gasteiger partial charge is 0.467 e. The van der Waals surface area contributed by atoms with Gasteiger partial charge < -0.3 is 13.7 Å². The van der Waals surface area contributed by atoms with Crippen LogP contribution in [0, 0.1) is 0 Å². The molecule has 1 atom stereocenters. The Morgan fingerprint density at radius 1 is 1.08 bits per heavy atom. The van der Waals surface area contributed by atoms with Crippen molar-refractivity contribution < 1.29 is 26.9 Å². The molecular weight excluding hydrogens is 332 g/mol. The SMILES string of the molecule is COC(=O)C(OCc1ccccc1)c1cccc(OS(C)(=O)=O)c1. The molecule has 0 saturated carbocycles. The van der Waals surface area contributed by atoms with Crippen LogP contribution >= 0.6 is 0 Å². The second-order valence-corrected chi connectivity index (χ2v) is 6.63. The van der Waals surface area contributed by atoms with Crippen LogP contribution in [0.4, 0.5) is 0 Å². The molecule has 7 heteroatoms. The van der Waals surface area contributed by atoms with Gasteiger partial charge in [0.1, 0.15) is 5.75 Å². The molecule has 1 unspecified atom stereocenters. The fraction of sp³-hybridized carbons (Fsp3) is 0.235. The molecule has 0 fully saturated rings. The standard InChI is InChI=1S/C17H18O6S/c1-21-17(18)16(22-12-13-7-4-3-5-8-13)14-9-6-10-15(11-14)23-24(2,19)20/h3-11,16H,12H2,1-2H3. The predicted molar refractivity (Wildman–Crippen MR) is 87.9 cm³/mol. The number of hydrogen-bond acceptors (Lipinski definition) is 6. The van der Waals surface area contributed by atoms with Gasteiger partial charge in [0.05, 0.1) is 20.0 Å². The van der Waals surface area contributed by atoms with E-state index in [0.29, 0.717) is 5.56 Å². The normalized spacial score (nSPS) is 12.4. The Bertz CT molecular complexity index is 786. The summed E-state index contributed by atoms with van der Waals surface area (Å²) in [5, 5.41) is 0. The van der Waals surface area contributed by atoms with Crippen LogP contribution < -0.4 is 4.18 Å². The zero-order chi connectivity index (χ0) is 17.6. The average Bonchev–Trinajstić information content (AvgIpc) is 2.54. The van der Waals surface area contributed by atoms with E-state index in [0.717, 1.165) is 11.8 Å². The zero-order valence-corrected chi connectivity index (χ0v) is 14.2. The minimum absolute atomic E-state index is 0.104. The molecule has 0 aliphatic heterocycles. The lowest BCUT2D eigenvalue weighted by molar-refractivity contribution is -0.155. The third-order valence-electron chi connectivity index (χ3n) is 3.08. The van der Waals surface area contributed by atoms with Crippen molar-refractivity contribution in [3.63, 3.8) is 0 Å². The molecule has 0 aliphatic carbocycles. The van der Waals surface area contributed by atoms with Crippen molar-refractivity contribution in [1.29, 1.82) is 0 Å². The molecule has 2 rings (SSSR count). The second kappa shape index (κ2) is 7.94. The lowest BCUT2D eigenvalue weighted by Gasteiger charge is -2.17. The molecule has 0 saturated heterocycles. The quantitative estimate of drug-likeness (QED) is 0.564. The molecule has 128 valence electrons. The van der Waals surface area contributed by atoms with Gasteiger partial charge in [-0.2, -0.15) is 8.42 Å². The van der Waals surface area contributed by atoms with Crippen LogP contribution in [0.3, 0.4) is 0 Å². The Labute approximate surface area is 141 Å². The summed E-state index contributed by atoms with van der Waals surface area (Å²) in [5.74, 6) is -0.477. The molecule has 0 amide bonds. The lowest BCUT2D eigenvalue weighted by atomic mass is 10.1. The highest BCUT2D eigenvalue weighted by molar-refractivity contribution is 7.86. The minimum atomic E-state index is -3.66. The molecule has 0 bridgehead atoms. The molecule has 2 aromatic rings. The third-order valence-corrected chi connectivity index (χ3v) is 3.58. The maximum Gasteiger partial charge on any atom is 0.339 e. The van der Waals surface area contributed by atoms with E-state index in [1.807, 2.05) is 30.3 Å². The number of ether oxygens (including phenoxy) is 2. The highest BCUT2D eigenvalue weighted by Gasteiger charge is 2.23. The maximum atomic E-state index is 12.0. The first kappa shape index (κ1) is 18.0. The summed E-state index contributed by atoms with van der Waals surface area (Å²) in [6, 6.07) is 15.5. The van der Waals surface area contributed by atoms with Crippen LogP contribution in [0.25, 0.3) is 0 Å². The van der Waals surface area contributed by atoms with Crippen molar-refractivity contribution in [2.75, 3.05) is 13.4 Å². The monoisotopic (exact) mass is 350 g/mol. The molecule has 0 radical (unpaired) electrons. The first-order valence-electron chi connectivity index (χ1n) is 7.12.